The van der Waals surface area contributed by atoms with Gasteiger partial charge in [0.15, 0.2) is 0 Å². The van der Waals surface area contributed by atoms with Gasteiger partial charge >= 0.3 is 0 Å². The second-order valence-electron chi connectivity index (χ2n) is 3.57. The maximum absolute atomic E-state index is 11.4. The largest absolute Gasteiger partial charge is 0.397 e. The minimum Gasteiger partial charge on any atom is -0.397 e. The van der Waals surface area contributed by atoms with Crippen LogP contribution < -0.4 is 16.0 Å². The van der Waals surface area contributed by atoms with Crippen molar-refractivity contribution in [2.45, 2.75) is 13.3 Å². The molecule has 0 atom stereocenters. The van der Waals surface area contributed by atoms with Crippen LogP contribution in [-0.4, -0.2) is 31.0 Å². The van der Waals surface area contributed by atoms with Gasteiger partial charge in [-0.2, -0.15) is 0 Å². The lowest BCUT2D eigenvalue weighted by atomic mass is 10.3. The van der Waals surface area contributed by atoms with Gasteiger partial charge in [0, 0.05) is 19.8 Å². The predicted molar refractivity (Wildman–Crippen MR) is 65.2 cm³/mol. The molecule has 3 N–H and O–H groups in total. The van der Waals surface area contributed by atoms with Crippen LogP contribution in [0.3, 0.4) is 0 Å². The monoisotopic (exact) mass is 222 g/mol. The standard InChI is InChI=1S/C11H18N4O/c1-3-4-15(8-11(16)13-2)10-5-9(12)6-14-7-10/h5-7H,3-4,8,12H2,1-2H3,(H,13,16). The van der Waals surface area contributed by atoms with Crippen LogP contribution in [0.5, 0.6) is 0 Å². The molecule has 1 aromatic rings. The summed E-state index contributed by atoms with van der Waals surface area (Å²) in [7, 11) is 1.63. The van der Waals surface area contributed by atoms with E-state index in [0.29, 0.717) is 12.2 Å². The Bertz CT molecular complexity index is 354. The number of anilines is 2. The van der Waals surface area contributed by atoms with E-state index in [2.05, 4.69) is 17.2 Å². The second-order valence-corrected chi connectivity index (χ2v) is 3.57. The Labute approximate surface area is 95.7 Å². The minimum atomic E-state index is -0.0177. The fourth-order valence-corrected chi connectivity index (χ4v) is 1.44. The Morgan fingerprint density at radius 3 is 2.88 bits per heavy atom. The molecule has 1 rings (SSSR count). The van der Waals surface area contributed by atoms with Crippen LogP contribution in [-0.2, 0) is 4.79 Å². The Hall–Kier alpha value is -1.78. The van der Waals surface area contributed by atoms with Gasteiger partial charge in [0.05, 0.1) is 24.1 Å². The molecule has 88 valence electrons. The molecule has 0 spiro atoms. The van der Waals surface area contributed by atoms with E-state index >= 15 is 0 Å². The summed E-state index contributed by atoms with van der Waals surface area (Å²) in [6.45, 7) is 3.20. The van der Waals surface area contributed by atoms with Crippen LogP contribution in [0.4, 0.5) is 11.4 Å². The van der Waals surface area contributed by atoms with Gasteiger partial charge in [0.1, 0.15) is 0 Å². The number of carbonyl (C=O) groups is 1. The number of aromatic nitrogens is 1. The topological polar surface area (TPSA) is 71.2 Å². The molecule has 0 aromatic carbocycles. The first-order chi connectivity index (χ1) is 7.67. The SMILES string of the molecule is CCCN(CC(=O)NC)c1cncc(N)c1. The number of hydrogen-bond acceptors (Lipinski definition) is 4. The number of hydrogen-bond donors (Lipinski definition) is 2. The second kappa shape index (κ2) is 5.95. The molecule has 0 saturated heterocycles. The van der Waals surface area contributed by atoms with Crippen LogP contribution in [0.15, 0.2) is 18.5 Å². The molecule has 0 unspecified atom stereocenters. The molecule has 0 saturated carbocycles. The molecular weight excluding hydrogens is 204 g/mol. The zero-order valence-electron chi connectivity index (χ0n) is 9.73. The third kappa shape index (κ3) is 3.42. The predicted octanol–water partition coefficient (Wildman–Crippen LogP) is 0.626. The van der Waals surface area contributed by atoms with Gasteiger partial charge in [-0.25, -0.2) is 0 Å². The molecule has 1 aromatic heterocycles. The number of nitrogen functional groups attached to an aromatic ring is 1. The Morgan fingerprint density at radius 2 is 2.31 bits per heavy atom. The molecule has 1 amide bonds. The van der Waals surface area contributed by atoms with Crippen LogP contribution in [0.2, 0.25) is 0 Å². The number of carbonyl (C=O) groups excluding carboxylic acids is 1. The van der Waals surface area contributed by atoms with Crippen molar-refractivity contribution in [3.05, 3.63) is 18.5 Å². The molecule has 0 aliphatic heterocycles. The minimum absolute atomic E-state index is 0.0177. The average molecular weight is 222 g/mol. The van der Waals surface area contributed by atoms with E-state index < -0.39 is 0 Å². The fraction of sp³-hybridized carbons (Fsp3) is 0.455. The summed E-state index contributed by atoms with van der Waals surface area (Å²) < 4.78 is 0. The van der Waals surface area contributed by atoms with Crippen LogP contribution in [0.25, 0.3) is 0 Å². The first-order valence-corrected chi connectivity index (χ1v) is 5.33. The number of rotatable bonds is 5. The quantitative estimate of drug-likeness (QED) is 0.766. The Balaban J connectivity index is 2.80. The Kier molecular flexibility index (Phi) is 4.57. The molecule has 0 radical (unpaired) electrons. The number of likely N-dealkylation sites (N-methyl/N-ethyl adjacent to an activating group) is 1. The van der Waals surface area contributed by atoms with Gasteiger partial charge in [0.25, 0.3) is 0 Å². The summed E-state index contributed by atoms with van der Waals surface area (Å²) >= 11 is 0. The van der Waals surface area contributed by atoms with Gasteiger partial charge in [-0.15, -0.1) is 0 Å². The van der Waals surface area contributed by atoms with Crippen molar-refractivity contribution >= 4 is 17.3 Å². The third-order valence-corrected chi connectivity index (χ3v) is 2.22. The van der Waals surface area contributed by atoms with Crippen LogP contribution in [0.1, 0.15) is 13.3 Å². The number of nitrogens with one attached hydrogen (secondary N) is 1. The highest BCUT2D eigenvalue weighted by atomic mass is 16.1. The summed E-state index contributed by atoms with van der Waals surface area (Å²) in [6, 6.07) is 1.82. The lowest BCUT2D eigenvalue weighted by Crippen LogP contribution is -2.36. The highest BCUT2D eigenvalue weighted by Gasteiger charge is 2.10. The van der Waals surface area contributed by atoms with Crippen LogP contribution in [0, 0.1) is 0 Å². The number of amides is 1. The molecule has 0 fully saturated rings. The number of nitrogens with zero attached hydrogens (tertiary/aromatic N) is 2. The zero-order chi connectivity index (χ0) is 12.0. The van der Waals surface area contributed by atoms with Gasteiger partial charge < -0.3 is 16.0 Å². The van der Waals surface area contributed by atoms with Crippen molar-refractivity contribution in [2.75, 3.05) is 30.8 Å². The van der Waals surface area contributed by atoms with E-state index in [1.165, 1.54) is 0 Å². The first-order valence-electron chi connectivity index (χ1n) is 5.33. The van der Waals surface area contributed by atoms with E-state index in [-0.39, 0.29) is 5.91 Å². The first kappa shape index (κ1) is 12.3. The summed E-state index contributed by atoms with van der Waals surface area (Å²) in [5.74, 6) is -0.0177. The van der Waals surface area contributed by atoms with Gasteiger partial charge in [-0.3, -0.25) is 9.78 Å². The molecule has 0 aliphatic rings. The van der Waals surface area contributed by atoms with Crippen molar-refractivity contribution in [1.82, 2.24) is 10.3 Å². The van der Waals surface area contributed by atoms with Crippen molar-refractivity contribution < 1.29 is 4.79 Å². The number of nitrogens with two attached hydrogens (primary N) is 1. The Morgan fingerprint density at radius 1 is 1.56 bits per heavy atom. The van der Waals surface area contributed by atoms with Gasteiger partial charge in [-0.1, -0.05) is 6.92 Å². The van der Waals surface area contributed by atoms with E-state index in [9.17, 15) is 4.79 Å². The molecule has 0 bridgehead atoms. The van der Waals surface area contributed by atoms with Crippen molar-refractivity contribution in [3.63, 3.8) is 0 Å². The molecule has 16 heavy (non-hydrogen) atoms. The highest BCUT2D eigenvalue weighted by Crippen LogP contribution is 2.15. The molecular formula is C11H18N4O. The van der Waals surface area contributed by atoms with E-state index in [1.807, 2.05) is 11.0 Å². The van der Waals surface area contributed by atoms with Crippen molar-refractivity contribution in [1.29, 1.82) is 0 Å². The van der Waals surface area contributed by atoms with E-state index in [0.717, 1.165) is 18.7 Å². The van der Waals surface area contributed by atoms with E-state index in [1.54, 1.807) is 19.4 Å². The molecule has 5 heteroatoms. The molecule has 1 heterocycles. The summed E-state index contributed by atoms with van der Waals surface area (Å²) in [4.78, 5) is 17.3. The molecule has 5 nitrogen and oxygen atoms in total. The normalized spacial score (nSPS) is 9.88. The summed E-state index contributed by atoms with van der Waals surface area (Å²) in [5, 5.41) is 2.61. The lowest BCUT2D eigenvalue weighted by molar-refractivity contribution is -0.119. The average Bonchev–Trinajstić information content (AvgIpc) is 2.28. The maximum atomic E-state index is 11.4. The highest BCUT2D eigenvalue weighted by molar-refractivity contribution is 5.81. The molecule has 0 aliphatic carbocycles. The van der Waals surface area contributed by atoms with Crippen molar-refractivity contribution in [2.24, 2.45) is 0 Å². The van der Waals surface area contributed by atoms with Crippen molar-refractivity contribution in [3.8, 4) is 0 Å². The van der Waals surface area contributed by atoms with Gasteiger partial charge in [0.2, 0.25) is 5.91 Å². The third-order valence-electron chi connectivity index (χ3n) is 2.22. The van der Waals surface area contributed by atoms with Gasteiger partial charge in [-0.05, 0) is 12.5 Å². The summed E-state index contributed by atoms with van der Waals surface area (Å²) in [5.41, 5.74) is 7.15. The maximum Gasteiger partial charge on any atom is 0.239 e. The zero-order valence-corrected chi connectivity index (χ0v) is 9.73. The number of pyridine rings is 1. The van der Waals surface area contributed by atoms with E-state index in [4.69, 9.17) is 5.73 Å². The lowest BCUT2D eigenvalue weighted by Gasteiger charge is -2.23. The fourth-order valence-electron chi connectivity index (χ4n) is 1.44. The smallest absolute Gasteiger partial charge is 0.239 e. The van der Waals surface area contributed by atoms with Crippen LogP contribution >= 0.6 is 0 Å². The summed E-state index contributed by atoms with van der Waals surface area (Å²) in [6.07, 6.45) is 4.27.